The standard InChI is InChI=1S/C17H26ClN5O2.C2H3N/c1-17(2,3)25-16(24)23-6-5-12-13(11-23)19-15(18)20-14(12)22-9-7-21(4)8-10-22;1-2-3/h5-11H2,1-4H3;1H3. The van der Waals surface area contributed by atoms with Crippen LogP contribution in [0.3, 0.4) is 0 Å². The second-order valence-electron chi connectivity index (χ2n) is 7.91. The third-order valence-corrected chi connectivity index (χ3v) is 4.64. The first-order valence-electron chi connectivity index (χ1n) is 9.42. The summed E-state index contributed by atoms with van der Waals surface area (Å²) in [5.74, 6) is 0.923. The van der Waals surface area contributed by atoms with Crippen molar-refractivity contribution in [2.45, 2.75) is 46.3 Å². The van der Waals surface area contributed by atoms with Gasteiger partial charge in [0.2, 0.25) is 5.28 Å². The van der Waals surface area contributed by atoms with Gasteiger partial charge in [0, 0.05) is 45.2 Å². The number of hydrogen-bond donors (Lipinski definition) is 0. The van der Waals surface area contributed by atoms with Crippen molar-refractivity contribution in [2.24, 2.45) is 0 Å². The number of hydrogen-bond acceptors (Lipinski definition) is 7. The normalized spacial score (nSPS) is 17.2. The average Bonchev–Trinajstić information content (AvgIpc) is 2.60. The number of amides is 1. The second kappa shape index (κ2) is 9.39. The Morgan fingerprint density at radius 1 is 1.18 bits per heavy atom. The van der Waals surface area contributed by atoms with Gasteiger partial charge in [-0.2, -0.15) is 5.26 Å². The molecule has 1 amide bonds. The predicted molar refractivity (Wildman–Crippen MR) is 108 cm³/mol. The molecule has 1 aromatic rings. The summed E-state index contributed by atoms with van der Waals surface area (Å²) in [6, 6.07) is 1.75. The number of piperazine rings is 1. The van der Waals surface area contributed by atoms with Crippen LogP contribution in [0.15, 0.2) is 0 Å². The van der Waals surface area contributed by atoms with Crippen molar-refractivity contribution in [1.82, 2.24) is 19.8 Å². The van der Waals surface area contributed by atoms with Crippen LogP contribution in [0.25, 0.3) is 0 Å². The van der Waals surface area contributed by atoms with Crippen LogP contribution in [0.2, 0.25) is 5.28 Å². The summed E-state index contributed by atoms with van der Waals surface area (Å²) in [6.07, 6.45) is 0.405. The Hall–Kier alpha value is -2.11. The van der Waals surface area contributed by atoms with Gasteiger partial charge < -0.3 is 19.4 Å². The Kier molecular flexibility index (Phi) is 7.44. The molecule has 0 aliphatic carbocycles. The molecule has 3 rings (SSSR count). The van der Waals surface area contributed by atoms with Crippen molar-refractivity contribution in [3.8, 4) is 6.07 Å². The number of rotatable bonds is 1. The predicted octanol–water partition coefficient (Wildman–Crippen LogP) is 2.70. The van der Waals surface area contributed by atoms with Gasteiger partial charge in [-0.05, 0) is 45.8 Å². The highest BCUT2D eigenvalue weighted by Crippen LogP contribution is 2.29. The zero-order valence-electron chi connectivity index (χ0n) is 17.3. The number of ether oxygens (including phenoxy) is 1. The van der Waals surface area contributed by atoms with Crippen molar-refractivity contribution in [2.75, 3.05) is 44.7 Å². The third-order valence-electron chi connectivity index (χ3n) is 4.47. The number of fused-ring (bicyclic) bond motifs is 1. The summed E-state index contributed by atoms with van der Waals surface area (Å²) in [5, 5.41) is 7.55. The van der Waals surface area contributed by atoms with Gasteiger partial charge in [0.25, 0.3) is 0 Å². The maximum Gasteiger partial charge on any atom is 0.410 e. The van der Waals surface area contributed by atoms with Crippen molar-refractivity contribution < 1.29 is 9.53 Å². The fourth-order valence-electron chi connectivity index (χ4n) is 3.14. The highest BCUT2D eigenvalue weighted by Gasteiger charge is 2.30. The topological polar surface area (TPSA) is 85.6 Å². The molecule has 8 nitrogen and oxygen atoms in total. The minimum atomic E-state index is -0.508. The molecule has 9 heteroatoms. The molecule has 0 saturated carbocycles. The van der Waals surface area contributed by atoms with E-state index in [9.17, 15) is 4.79 Å². The van der Waals surface area contributed by atoms with E-state index in [1.54, 1.807) is 11.0 Å². The van der Waals surface area contributed by atoms with E-state index >= 15 is 0 Å². The molecule has 1 aromatic heterocycles. The molecule has 154 valence electrons. The van der Waals surface area contributed by atoms with Crippen LogP contribution in [0.1, 0.15) is 39.0 Å². The van der Waals surface area contributed by atoms with Crippen LogP contribution in [0, 0.1) is 11.3 Å². The van der Waals surface area contributed by atoms with Crippen molar-refractivity contribution in [3.05, 3.63) is 16.5 Å². The maximum atomic E-state index is 12.3. The first-order chi connectivity index (χ1) is 13.1. The number of carbonyl (C=O) groups is 1. The molecule has 3 heterocycles. The minimum absolute atomic E-state index is 0.235. The molecule has 0 unspecified atom stereocenters. The lowest BCUT2D eigenvalue weighted by molar-refractivity contribution is 0.0220. The van der Waals surface area contributed by atoms with Gasteiger partial charge in [-0.1, -0.05) is 0 Å². The zero-order chi connectivity index (χ0) is 20.9. The summed E-state index contributed by atoms with van der Waals surface area (Å²) in [5.41, 5.74) is 1.42. The molecule has 2 aliphatic heterocycles. The fraction of sp³-hybridized carbons (Fsp3) is 0.684. The van der Waals surface area contributed by atoms with Crippen LogP contribution in [-0.2, 0) is 17.7 Å². The monoisotopic (exact) mass is 408 g/mol. The molecule has 2 aliphatic rings. The van der Waals surface area contributed by atoms with Gasteiger partial charge in [0.15, 0.2) is 0 Å². The van der Waals surface area contributed by atoms with Crippen molar-refractivity contribution >= 4 is 23.5 Å². The van der Waals surface area contributed by atoms with Crippen LogP contribution < -0.4 is 4.90 Å². The van der Waals surface area contributed by atoms with E-state index in [1.165, 1.54) is 6.92 Å². The molecule has 0 aromatic carbocycles. The van der Waals surface area contributed by atoms with Crippen molar-refractivity contribution in [1.29, 1.82) is 5.26 Å². The van der Waals surface area contributed by atoms with Gasteiger partial charge in [-0.15, -0.1) is 0 Å². The van der Waals surface area contributed by atoms with Gasteiger partial charge in [-0.25, -0.2) is 14.8 Å². The van der Waals surface area contributed by atoms with E-state index in [0.717, 1.165) is 43.3 Å². The summed E-state index contributed by atoms with van der Waals surface area (Å²) in [4.78, 5) is 27.5. The van der Waals surface area contributed by atoms with E-state index in [0.29, 0.717) is 19.5 Å². The Morgan fingerprint density at radius 2 is 1.79 bits per heavy atom. The van der Waals surface area contributed by atoms with Crippen LogP contribution in [0.4, 0.5) is 10.6 Å². The molecule has 0 radical (unpaired) electrons. The zero-order valence-corrected chi connectivity index (χ0v) is 18.1. The number of nitriles is 1. The summed E-state index contributed by atoms with van der Waals surface area (Å²) < 4.78 is 5.48. The van der Waals surface area contributed by atoms with Gasteiger partial charge in [0.1, 0.15) is 11.4 Å². The average molecular weight is 409 g/mol. The number of aromatic nitrogens is 2. The first-order valence-corrected chi connectivity index (χ1v) is 9.80. The SMILES string of the molecule is CC#N.CN1CCN(c2nc(Cl)nc3c2CCN(C(=O)OC(C)(C)C)C3)CC1. The third kappa shape index (κ3) is 5.94. The first kappa shape index (κ1) is 22.2. The number of likely N-dealkylation sites (N-methyl/N-ethyl adjacent to an activating group) is 1. The molecule has 1 saturated heterocycles. The lowest BCUT2D eigenvalue weighted by atomic mass is 10.0. The largest absolute Gasteiger partial charge is 0.444 e. The number of carbonyl (C=O) groups excluding carboxylic acids is 1. The van der Waals surface area contributed by atoms with Crippen LogP contribution >= 0.6 is 11.6 Å². The minimum Gasteiger partial charge on any atom is -0.444 e. The maximum absolute atomic E-state index is 12.3. The molecule has 0 atom stereocenters. The van der Waals surface area contributed by atoms with Crippen LogP contribution in [0.5, 0.6) is 0 Å². The number of anilines is 1. The van der Waals surface area contributed by atoms with E-state index in [4.69, 9.17) is 21.6 Å². The molecular weight excluding hydrogens is 380 g/mol. The summed E-state index contributed by atoms with van der Waals surface area (Å²) in [7, 11) is 2.12. The summed E-state index contributed by atoms with van der Waals surface area (Å²) in [6.45, 7) is 11.9. The number of halogens is 1. The Bertz CT molecular complexity index is 735. The molecule has 0 spiro atoms. The lowest BCUT2D eigenvalue weighted by Crippen LogP contribution is -2.46. The Morgan fingerprint density at radius 3 is 2.36 bits per heavy atom. The van der Waals surface area contributed by atoms with Gasteiger partial charge in [-0.3, -0.25) is 0 Å². The molecule has 0 N–H and O–H groups in total. The Balaban J connectivity index is 0.000000878. The lowest BCUT2D eigenvalue weighted by Gasteiger charge is -2.36. The molecule has 0 bridgehead atoms. The highest BCUT2D eigenvalue weighted by molar-refractivity contribution is 6.28. The van der Waals surface area contributed by atoms with Crippen molar-refractivity contribution in [3.63, 3.8) is 0 Å². The fourth-order valence-corrected chi connectivity index (χ4v) is 3.33. The second-order valence-corrected chi connectivity index (χ2v) is 8.25. The molecule has 1 fully saturated rings. The van der Waals surface area contributed by atoms with Gasteiger partial charge in [0.05, 0.1) is 18.3 Å². The smallest absolute Gasteiger partial charge is 0.410 e. The van der Waals surface area contributed by atoms with Crippen LogP contribution in [-0.4, -0.2) is 71.2 Å². The van der Waals surface area contributed by atoms with Gasteiger partial charge >= 0.3 is 6.09 Å². The highest BCUT2D eigenvalue weighted by atomic mass is 35.5. The Labute approximate surface area is 172 Å². The van der Waals surface area contributed by atoms with E-state index in [1.807, 2.05) is 20.8 Å². The molecule has 28 heavy (non-hydrogen) atoms. The number of nitrogens with zero attached hydrogens (tertiary/aromatic N) is 6. The summed E-state index contributed by atoms with van der Waals surface area (Å²) >= 11 is 6.17. The van der Waals surface area contributed by atoms with E-state index in [-0.39, 0.29) is 11.4 Å². The van der Waals surface area contributed by atoms with E-state index < -0.39 is 5.60 Å². The quantitative estimate of drug-likeness (QED) is 0.660. The molecular formula is C19H29ClN6O2. The van der Waals surface area contributed by atoms with E-state index in [2.05, 4.69) is 26.8 Å².